The van der Waals surface area contributed by atoms with Gasteiger partial charge in [0.25, 0.3) is 0 Å². The van der Waals surface area contributed by atoms with Gasteiger partial charge in [-0.05, 0) is 36.8 Å². The van der Waals surface area contributed by atoms with Crippen LogP contribution in [0.3, 0.4) is 0 Å². The lowest BCUT2D eigenvalue weighted by Crippen LogP contribution is -2.07. The number of para-hydroxylation sites is 1. The van der Waals surface area contributed by atoms with Gasteiger partial charge in [-0.15, -0.1) is 0 Å². The van der Waals surface area contributed by atoms with Crippen LogP contribution in [0.2, 0.25) is 0 Å². The number of furan rings is 1. The molecule has 0 aliphatic rings. The Balaban J connectivity index is 1.75. The first-order valence-electron chi connectivity index (χ1n) is 8.84. The second-order valence-corrected chi connectivity index (χ2v) is 6.54. The number of benzene rings is 3. The van der Waals surface area contributed by atoms with E-state index in [0.29, 0.717) is 27.8 Å². The Morgan fingerprint density at radius 2 is 1.71 bits per heavy atom. The number of hydrogen-bond donors (Lipinski definition) is 1. The van der Waals surface area contributed by atoms with Crippen molar-refractivity contribution in [1.82, 2.24) is 0 Å². The zero-order chi connectivity index (χ0) is 19.7. The Labute approximate surface area is 160 Å². The number of anilines is 1. The van der Waals surface area contributed by atoms with E-state index in [9.17, 15) is 13.6 Å². The molecule has 0 atom stereocenters. The smallest absolute Gasteiger partial charge is 0.230 e. The van der Waals surface area contributed by atoms with Crippen molar-refractivity contribution >= 4 is 22.4 Å². The molecule has 0 aliphatic heterocycles. The van der Waals surface area contributed by atoms with Crippen LogP contribution in [0.15, 0.2) is 71.1 Å². The predicted octanol–water partition coefficient (Wildman–Crippen LogP) is 5.86. The van der Waals surface area contributed by atoms with Gasteiger partial charge < -0.3 is 9.73 Å². The van der Waals surface area contributed by atoms with Gasteiger partial charge in [-0.25, -0.2) is 8.78 Å². The van der Waals surface area contributed by atoms with Gasteiger partial charge in [-0.2, -0.15) is 0 Å². The second kappa shape index (κ2) is 7.27. The van der Waals surface area contributed by atoms with Crippen LogP contribution in [0.5, 0.6) is 0 Å². The first-order chi connectivity index (χ1) is 13.5. The minimum atomic E-state index is -0.456. The van der Waals surface area contributed by atoms with Crippen LogP contribution >= 0.6 is 0 Å². The van der Waals surface area contributed by atoms with E-state index in [4.69, 9.17) is 4.42 Å². The van der Waals surface area contributed by atoms with Gasteiger partial charge in [-0.3, -0.25) is 4.79 Å². The number of carbonyl (C=O) groups is 1. The summed E-state index contributed by atoms with van der Waals surface area (Å²) in [6, 6.07) is 17.9. The predicted molar refractivity (Wildman–Crippen MR) is 105 cm³/mol. The Hall–Kier alpha value is -3.47. The van der Waals surface area contributed by atoms with Crippen LogP contribution < -0.4 is 5.32 Å². The lowest BCUT2D eigenvalue weighted by molar-refractivity contribution is 0.101. The fraction of sp³-hybridized carbons (Fsp3) is 0.0870. The highest BCUT2D eigenvalue weighted by atomic mass is 19.1. The van der Waals surface area contributed by atoms with Crippen molar-refractivity contribution in [3.63, 3.8) is 0 Å². The summed E-state index contributed by atoms with van der Waals surface area (Å²) in [5.41, 5.74) is 2.10. The molecule has 0 radical (unpaired) electrons. The van der Waals surface area contributed by atoms with Crippen LogP contribution in [-0.4, -0.2) is 5.78 Å². The molecule has 0 saturated carbocycles. The summed E-state index contributed by atoms with van der Waals surface area (Å²) in [6.45, 7) is 1.81. The van der Waals surface area contributed by atoms with Crippen molar-refractivity contribution in [2.24, 2.45) is 0 Å². The van der Waals surface area contributed by atoms with Crippen molar-refractivity contribution in [3.8, 4) is 0 Å². The molecular weight excluding hydrogens is 360 g/mol. The third-order valence-electron chi connectivity index (χ3n) is 4.65. The van der Waals surface area contributed by atoms with Crippen LogP contribution in [-0.2, 0) is 6.54 Å². The number of carbonyl (C=O) groups excluding carboxylic acids is 1. The molecule has 4 aromatic rings. The van der Waals surface area contributed by atoms with Crippen molar-refractivity contribution < 1.29 is 18.0 Å². The van der Waals surface area contributed by atoms with Crippen molar-refractivity contribution in [2.75, 3.05) is 5.32 Å². The number of halogens is 2. The van der Waals surface area contributed by atoms with Crippen LogP contribution in [0, 0.1) is 18.6 Å². The second-order valence-electron chi connectivity index (χ2n) is 6.54. The van der Waals surface area contributed by atoms with Crippen molar-refractivity contribution in [3.05, 3.63) is 101 Å². The van der Waals surface area contributed by atoms with E-state index in [-0.39, 0.29) is 23.7 Å². The number of aryl methyl sites for hydroxylation is 1. The zero-order valence-corrected chi connectivity index (χ0v) is 15.1. The third kappa shape index (κ3) is 3.27. The van der Waals surface area contributed by atoms with Crippen LogP contribution in [0.25, 0.3) is 11.0 Å². The Morgan fingerprint density at radius 1 is 0.964 bits per heavy atom. The molecule has 1 heterocycles. The molecule has 5 heteroatoms. The zero-order valence-electron chi connectivity index (χ0n) is 15.1. The molecular formula is C23H17F2NO2. The third-order valence-corrected chi connectivity index (χ3v) is 4.65. The largest absolute Gasteiger partial charge is 0.450 e. The Morgan fingerprint density at radius 3 is 2.50 bits per heavy atom. The minimum Gasteiger partial charge on any atom is -0.450 e. The average molecular weight is 377 g/mol. The van der Waals surface area contributed by atoms with Gasteiger partial charge >= 0.3 is 0 Å². The van der Waals surface area contributed by atoms with Gasteiger partial charge in [0.05, 0.1) is 5.69 Å². The molecule has 0 aliphatic carbocycles. The molecule has 0 amide bonds. The lowest BCUT2D eigenvalue weighted by atomic mass is 10.0. The first kappa shape index (κ1) is 17.9. The summed E-state index contributed by atoms with van der Waals surface area (Å²) in [5, 5.41) is 3.83. The van der Waals surface area contributed by atoms with E-state index < -0.39 is 11.6 Å². The summed E-state index contributed by atoms with van der Waals surface area (Å²) in [6.07, 6.45) is 0. The lowest BCUT2D eigenvalue weighted by Gasteiger charge is -2.08. The molecule has 0 spiro atoms. The molecule has 0 fully saturated rings. The van der Waals surface area contributed by atoms with Gasteiger partial charge in [0, 0.05) is 23.1 Å². The molecule has 0 saturated heterocycles. The molecule has 3 nitrogen and oxygen atoms in total. The van der Waals surface area contributed by atoms with E-state index in [1.54, 1.807) is 49.4 Å². The maximum absolute atomic E-state index is 14.0. The van der Waals surface area contributed by atoms with Gasteiger partial charge in [0.2, 0.25) is 5.78 Å². The van der Waals surface area contributed by atoms with Gasteiger partial charge in [0.15, 0.2) is 5.76 Å². The van der Waals surface area contributed by atoms with Gasteiger partial charge in [0.1, 0.15) is 17.2 Å². The summed E-state index contributed by atoms with van der Waals surface area (Å²) >= 11 is 0. The molecule has 4 rings (SSSR count). The van der Waals surface area contributed by atoms with Crippen LogP contribution in [0.4, 0.5) is 14.5 Å². The standard InChI is InChI=1S/C23H17F2NO2/c1-14-10-11-15(12-19(14)25)22(27)23-21(17-7-3-5-9-20(17)28-23)26-13-16-6-2-4-8-18(16)24/h2-12,26H,13H2,1H3. The fourth-order valence-electron chi connectivity index (χ4n) is 3.07. The molecule has 1 aromatic heterocycles. The number of nitrogens with one attached hydrogen (secondary N) is 1. The van der Waals surface area contributed by atoms with E-state index >= 15 is 0 Å². The molecule has 3 aromatic carbocycles. The molecule has 0 unspecified atom stereocenters. The average Bonchev–Trinajstić information content (AvgIpc) is 3.07. The summed E-state index contributed by atoms with van der Waals surface area (Å²) < 4.78 is 33.7. The number of rotatable bonds is 5. The number of hydrogen-bond acceptors (Lipinski definition) is 3. The molecule has 1 N–H and O–H groups in total. The highest BCUT2D eigenvalue weighted by Crippen LogP contribution is 2.33. The summed E-state index contributed by atoms with van der Waals surface area (Å²) in [4.78, 5) is 13.0. The maximum atomic E-state index is 14.0. The highest BCUT2D eigenvalue weighted by molar-refractivity contribution is 6.14. The number of ketones is 1. The Bertz CT molecular complexity index is 1180. The fourth-order valence-corrected chi connectivity index (χ4v) is 3.07. The number of fused-ring (bicyclic) bond motifs is 1. The van der Waals surface area contributed by atoms with Gasteiger partial charge in [-0.1, -0.05) is 42.5 Å². The summed E-state index contributed by atoms with van der Waals surface area (Å²) in [7, 11) is 0. The molecule has 28 heavy (non-hydrogen) atoms. The van der Waals surface area contributed by atoms with E-state index in [1.807, 2.05) is 12.1 Å². The van der Waals surface area contributed by atoms with E-state index in [0.717, 1.165) is 0 Å². The van der Waals surface area contributed by atoms with E-state index in [1.165, 1.54) is 12.1 Å². The minimum absolute atomic E-state index is 0.0702. The van der Waals surface area contributed by atoms with Crippen LogP contribution in [0.1, 0.15) is 27.2 Å². The normalized spacial score (nSPS) is 11.0. The van der Waals surface area contributed by atoms with Crippen molar-refractivity contribution in [2.45, 2.75) is 13.5 Å². The monoisotopic (exact) mass is 377 g/mol. The topological polar surface area (TPSA) is 42.2 Å². The summed E-state index contributed by atoms with van der Waals surface area (Å²) in [5.74, 6) is -1.16. The maximum Gasteiger partial charge on any atom is 0.230 e. The molecule has 140 valence electrons. The SMILES string of the molecule is Cc1ccc(C(=O)c2oc3ccccc3c2NCc2ccccc2F)cc1F. The highest BCUT2D eigenvalue weighted by Gasteiger charge is 2.22. The van der Waals surface area contributed by atoms with E-state index in [2.05, 4.69) is 5.32 Å². The molecule has 0 bridgehead atoms. The first-order valence-corrected chi connectivity index (χ1v) is 8.84. The Kier molecular flexibility index (Phi) is 4.65. The van der Waals surface area contributed by atoms with Crippen molar-refractivity contribution in [1.29, 1.82) is 0 Å². The quantitative estimate of drug-likeness (QED) is 0.443.